The van der Waals surface area contributed by atoms with Gasteiger partial charge in [0, 0.05) is 26.2 Å². The number of hydrogen-bond acceptors (Lipinski definition) is 6. The highest BCUT2D eigenvalue weighted by Crippen LogP contribution is 2.18. The number of furan rings is 1. The molecule has 8 nitrogen and oxygen atoms in total. The summed E-state index contributed by atoms with van der Waals surface area (Å²) in [4.78, 5) is 32.4. The molecule has 1 N–H and O–H groups in total. The number of amides is 2. The van der Waals surface area contributed by atoms with E-state index in [1.165, 1.54) is 6.26 Å². The van der Waals surface area contributed by atoms with Crippen LogP contribution in [-0.2, 0) is 4.74 Å². The van der Waals surface area contributed by atoms with Crippen LogP contribution in [0.25, 0.3) is 0 Å². The van der Waals surface area contributed by atoms with E-state index in [1.54, 1.807) is 29.3 Å². The third-order valence-electron chi connectivity index (χ3n) is 4.02. The smallest absolute Gasteiger partial charge is 0.412 e. The third-order valence-corrected chi connectivity index (χ3v) is 4.02. The summed E-state index contributed by atoms with van der Waals surface area (Å²) in [5.74, 6) is 1.07. The van der Waals surface area contributed by atoms with Crippen LogP contribution in [0.15, 0.2) is 41.1 Å². The number of piperazine rings is 1. The Bertz CT molecular complexity index is 773. The number of rotatable bonds is 3. The van der Waals surface area contributed by atoms with Crippen LogP contribution < -0.4 is 10.2 Å². The van der Waals surface area contributed by atoms with Crippen LogP contribution >= 0.6 is 0 Å². The first-order valence-corrected chi connectivity index (χ1v) is 8.85. The Hall–Kier alpha value is -3.03. The summed E-state index contributed by atoms with van der Waals surface area (Å²) in [7, 11) is 0. The summed E-state index contributed by atoms with van der Waals surface area (Å²) in [5.41, 5.74) is 0.0177. The Morgan fingerprint density at radius 2 is 1.89 bits per heavy atom. The molecule has 0 unspecified atom stereocenters. The van der Waals surface area contributed by atoms with Gasteiger partial charge < -0.3 is 19.0 Å². The maximum Gasteiger partial charge on any atom is 0.412 e. The molecule has 2 aromatic rings. The van der Waals surface area contributed by atoms with Gasteiger partial charge in [-0.1, -0.05) is 0 Å². The minimum Gasteiger partial charge on any atom is -0.459 e. The summed E-state index contributed by atoms with van der Waals surface area (Å²) in [6.07, 6.45) is 2.59. The molecule has 0 atom stereocenters. The van der Waals surface area contributed by atoms with E-state index >= 15 is 0 Å². The molecule has 2 aromatic heterocycles. The van der Waals surface area contributed by atoms with Crippen molar-refractivity contribution in [3.05, 3.63) is 42.5 Å². The van der Waals surface area contributed by atoms with Gasteiger partial charge in [0.25, 0.3) is 5.91 Å². The second-order valence-electron chi connectivity index (χ2n) is 7.29. The largest absolute Gasteiger partial charge is 0.459 e. The number of aromatic nitrogens is 1. The highest BCUT2D eigenvalue weighted by atomic mass is 16.6. The van der Waals surface area contributed by atoms with Crippen LogP contribution in [0.1, 0.15) is 31.3 Å². The highest BCUT2D eigenvalue weighted by molar-refractivity contribution is 5.91. The molecule has 144 valence electrons. The van der Waals surface area contributed by atoms with Crippen LogP contribution in [0.5, 0.6) is 0 Å². The normalized spacial score (nSPS) is 14.8. The molecule has 0 radical (unpaired) electrons. The van der Waals surface area contributed by atoms with Crippen molar-refractivity contribution in [2.45, 2.75) is 26.4 Å². The minimum absolute atomic E-state index is 0.0930. The lowest BCUT2D eigenvalue weighted by Crippen LogP contribution is -2.49. The Morgan fingerprint density at radius 1 is 1.15 bits per heavy atom. The SMILES string of the molecule is CC(C)(C)OC(=O)Nc1ccc(N2CCN(C(=O)c3ccco3)CC2)nc1. The van der Waals surface area contributed by atoms with Gasteiger partial charge in [0.1, 0.15) is 11.4 Å². The van der Waals surface area contributed by atoms with E-state index in [1.807, 2.05) is 26.8 Å². The molecule has 2 amide bonds. The van der Waals surface area contributed by atoms with Crippen LogP contribution in [0.4, 0.5) is 16.3 Å². The summed E-state index contributed by atoms with van der Waals surface area (Å²) in [5, 5.41) is 2.66. The van der Waals surface area contributed by atoms with E-state index in [0.29, 0.717) is 37.6 Å². The minimum atomic E-state index is -0.551. The quantitative estimate of drug-likeness (QED) is 0.891. The number of carbonyl (C=O) groups is 2. The van der Waals surface area contributed by atoms with Gasteiger partial charge in [-0.2, -0.15) is 0 Å². The molecule has 1 saturated heterocycles. The van der Waals surface area contributed by atoms with Crippen molar-refractivity contribution in [3.63, 3.8) is 0 Å². The van der Waals surface area contributed by atoms with Gasteiger partial charge in [0.05, 0.1) is 18.1 Å². The Balaban J connectivity index is 1.53. The van der Waals surface area contributed by atoms with Crippen molar-refractivity contribution in [1.82, 2.24) is 9.88 Å². The van der Waals surface area contributed by atoms with Crippen molar-refractivity contribution < 1.29 is 18.7 Å². The molecule has 8 heteroatoms. The van der Waals surface area contributed by atoms with Gasteiger partial charge in [0.15, 0.2) is 5.76 Å². The number of nitrogens with one attached hydrogen (secondary N) is 1. The lowest BCUT2D eigenvalue weighted by atomic mass is 10.2. The lowest BCUT2D eigenvalue weighted by Gasteiger charge is -2.35. The molecule has 1 aliphatic rings. The zero-order valence-electron chi connectivity index (χ0n) is 15.8. The fourth-order valence-corrected chi connectivity index (χ4v) is 2.76. The monoisotopic (exact) mass is 372 g/mol. The average Bonchev–Trinajstić information content (AvgIpc) is 3.15. The molecule has 0 saturated carbocycles. The summed E-state index contributed by atoms with van der Waals surface area (Å²) in [6.45, 7) is 7.98. The zero-order valence-corrected chi connectivity index (χ0v) is 15.8. The zero-order chi connectivity index (χ0) is 19.4. The Labute approximate surface area is 158 Å². The van der Waals surface area contributed by atoms with Gasteiger partial charge in [-0.25, -0.2) is 9.78 Å². The van der Waals surface area contributed by atoms with Gasteiger partial charge in [0.2, 0.25) is 0 Å². The fourth-order valence-electron chi connectivity index (χ4n) is 2.76. The molecule has 1 fully saturated rings. The molecule has 0 aliphatic carbocycles. The number of hydrogen-bond donors (Lipinski definition) is 1. The van der Waals surface area contributed by atoms with Gasteiger partial charge in [-0.15, -0.1) is 0 Å². The lowest BCUT2D eigenvalue weighted by molar-refractivity contribution is 0.0635. The van der Waals surface area contributed by atoms with Crippen molar-refractivity contribution >= 4 is 23.5 Å². The average molecular weight is 372 g/mol. The van der Waals surface area contributed by atoms with Crippen LogP contribution in [0, 0.1) is 0 Å². The van der Waals surface area contributed by atoms with Crippen LogP contribution in [-0.4, -0.2) is 53.7 Å². The maximum absolute atomic E-state index is 12.3. The number of pyridine rings is 1. The molecule has 3 heterocycles. The van der Waals surface area contributed by atoms with E-state index in [-0.39, 0.29) is 5.91 Å². The second-order valence-corrected chi connectivity index (χ2v) is 7.29. The topological polar surface area (TPSA) is 87.9 Å². The number of carbonyl (C=O) groups excluding carboxylic acids is 2. The van der Waals surface area contributed by atoms with Crippen molar-refractivity contribution in [1.29, 1.82) is 0 Å². The number of nitrogens with zero attached hydrogens (tertiary/aromatic N) is 3. The van der Waals surface area contributed by atoms with Crippen molar-refractivity contribution in [2.24, 2.45) is 0 Å². The van der Waals surface area contributed by atoms with Crippen molar-refractivity contribution in [2.75, 3.05) is 36.4 Å². The number of anilines is 2. The van der Waals surface area contributed by atoms with E-state index in [0.717, 1.165) is 5.82 Å². The first kappa shape index (κ1) is 18.8. The Kier molecular flexibility index (Phi) is 5.34. The summed E-state index contributed by atoms with van der Waals surface area (Å²) < 4.78 is 10.4. The molecule has 27 heavy (non-hydrogen) atoms. The van der Waals surface area contributed by atoms with E-state index in [2.05, 4.69) is 15.2 Å². The first-order valence-electron chi connectivity index (χ1n) is 8.85. The third kappa shape index (κ3) is 4.99. The highest BCUT2D eigenvalue weighted by Gasteiger charge is 2.24. The van der Waals surface area contributed by atoms with E-state index in [4.69, 9.17) is 9.15 Å². The van der Waals surface area contributed by atoms with Gasteiger partial charge in [-0.3, -0.25) is 10.1 Å². The second kappa shape index (κ2) is 7.69. The predicted octanol–water partition coefficient (Wildman–Crippen LogP) is 2.98. The van der Waals surface area contributed by atoms with E-state index < -0.39 is 11.7 Å². The predicted molar refractivity (Wildman–Crippen MR) is 101 cm³/mol. The van der Waals surface area contributed by atoms with Crippen LogP contribution in [0.3, 0.4) is 0 Å². The van der Waals surface area contributed by atoms with E-state index in [9.17, 15) is 9.59 Å². The molecule has 0 spiro atoms. The summed E-state index contributed by atoms with van der Waals surface area (Å²) >= 11 is 0. The molecular formula is C19H24N4O4. The standard InChI is InChI=1S/C19H24N4O4/c1-19(2,3)27-18(25)21-14-6-7-16(20-13-14)22-8-10-23(11-9-22)17(24)15-5-4-12-26-15/h4-7,12-13H,8-11H2,1-3H3,(H,21,25). The first-order chi connectivity index (χ1) is 12.8. The molecule has 0 aromatic carbocycles. The Morgan fingerprint density at radius 3 is 2.44 bits per heavy atom. The maximum atomic E-state index is 12.3. The fraction of sp³-hybridized carbons (Fsp3) is 0.421. The van der Waals surface area contributed by atoms with Crippen LogP contribution in [0.2, 0.25) is 0 Å². The molecule has 0 bridgehead atoms. The summed E-state index contributed by atoms with van der Waals surface area (Å²) in [6, 6.07) is 7.01. The van der Waals surface area contributed by atoms with Gasteiger partial charge in [-0.05, 0) is 45.0 Å². The van der Waals surface area contributed by atoms with Gasteiger partial charge >= 0.3 is 6.09 Å². The molecular weight excluding hydrogens is 348 g/mol. The van der Waals surface area contributed by atoms with Crippen molar-refractivity contribution in [3.8, 4) is 0 Å². The molecule has 1 aliphatic heterocycles. The molecule has 3 rings (SSSR count). The number of ether oxygens (including phenoxy) is 1.